The molecule has 1 rings (SSSR count). The van der Waals surface area contributed by atoms with E-state index in [1.54, 1.807) is 0 Å². The Balaban J connectivity index is 2.62. The quantitative estimate of drug-likeness (QED) is 0.493. The minimum Gasteiger partial charge on any atom is -0.480 e. The van der Waals surface area contributed by atoms with Gasteiger partial charge in [-0.1, -0.05) is 11.6 Å². The molecule has 24 heavy (non-hydrogen) atoms. The van der Waals surface area contributed by atoms with Gasteiger partial charge in [0, 0.05) is 13.2 Å². The van der Waals surface area contributed by atoms with Crippen molar-refractivity contribution in [2.75, 3.05) is 26.9 Å². The molecule has 0 atom stereocenters. The molecular formula is C15H22ClNO6S. The zero-order valence-corrected chi connectivity index (χ0v) is 15.4. The lowest BCUT2D eigenvalue weighted by atomic mass is 10.3. The maximum absolute atomic E-state index is 12.2. The summed E-state index contributed by atoms with van der Waals surface area (Å²) in [5, 5.41) is 0.0879. The first-order valence-electron chi connectivity index (χ1n) is 7.36. The van der Waals surface area contributed by atoms with Crippen molar-refractivity contribution in [1.82, 2.24) is 4.72 Å². The van der Waals surface area contributed by atoms with E-state index in [1.807, 2.05) is 13.8 Å². The molecular weight excluding hydrogens is 358 g/mol. The van der Waals surface area contributed by atoms with E-state index < -0.39 is 16.0 Å². The van der Waals surface area contributed by atoms with Gasteiger partial charge in [0.2, 0.25) is 10.0 Å². The third-order valence-corrected chi connectivity index (χ3v) is 4.61. The van der Waals surface area contributed by atoms with Crippen LogP contribution in [0.2, 0.25) is 5.02 Å². The van der Waals surface area contributed by atoms with Crippen LogP contribution in [0.25, 0.3) is 0 Å². The topological polar surface area (TPSA) is 90.9 Å². The van der Waals surface area contributed by atoms with Gasteiger partial charge in [0.1, 0.15) is 5.75 Å². The molecule has 136 valence electrons. The fourth-order valence-electron chi connectivity index (χ4n) is 1.64. The van der Waals surface area contributed by atoms with Crippen LogP contribution in [0.15, 0.2) is 23.1 Å². The Hall–Kier alpha value is -1.35. The third-order valence-electron chi connectivity index (χ3n) is 2.85. The Morgan fingerprint density at radius 2 is 2.04 bits per heavy atom. The smallest absolute Gasteiger partial charge is 0.343 e. The standard InChI is InChI=1S/C15H22ClNO6S/c1-11(2)22-8-4-7-17-24(19,20)12-5-6-14(13(16)9-12)23-10-15(18)21-3/h5-6,9,11,17H,4,7-8,10H2,1-3H3. The number of nitrogens with one attached hydrogen (secondary N) is 1. The third kappa shape index (κ3) is 7.04. The molecule has 0 radical (unpaired) electrons. The van der Waals surface area contributed by atoms with Crippen molar-refractivity contribution in [1.29, 1.82) is 0 Å². The highest BCUT2D eigenvalue weighted by atomic mass is 35.5. The second kappa shape index (κ2) is 9.83. The highest BCUT2D eigenvalue weighted by Crippen LogP contribution is 2.27. The lowest BCUT2D eigenvalue weighted by Crippen LogP contribution is -2.26. The van der Waals surface area contributed by atoms with E-state index in [9.17, 15) is 13.2 Å². The molecule has 0 heterocycles. The Bertz CT molecular complexity index is 647. The molecule has 0 aliphatic carbocycles. The summed E-state index contributed by atoms with van der Waals surface area (Å²) in [7, 11) is -2.44. The molecule has 0 fully saturated rings. The Morgan fingerprint density at radius 3 is 2.62 bits per heavy atom. The van der Waals surface area contributed by atoms with Crippen molar-refractivity contribution >= 4 is 27.6 Å². The highest BCUT2D eigenvalue weighted by Gasteiger charge is 2.16. The predicted octanol–water partition coefficient (Wildman–Crippen LogP) is 1.99. The molecule has 0 aliphatic rings. The number of hydrogen-bond acceptors (Lipinski definition) is 6. The number of rotatable bonds is 10. The molecule has 1 aromatic carbocycles. The molecule has 1 aromatic rings. The van der Waals surface area contributed by atoms with Crippen molar-refractivity contribution in [2.24, 2.45) is 0 Å². The van der Waals surface area contributed by atoms with Crippen LogP contribution in [0.1, 0.15) is 20.3 Å². The van der Waals surface area contributed by atoms with E-state index in [-0.39, 0.29) is 34.9 Å². The van der Waals surface area contributed by atoms with Crippen LogP contribution < -0.4 is 9.46 Å². The molecule has 9 heteroatoms. The van der Waals surface area contributed by atoms with Gasteiger partial charge < -0.3 is 14.2 Å². The van der Waals surface area contributed by atoms with E-state index in [0.29, 0.717) is 13.0 Å². The number of halogens is 1. The number of carbonyl (C=O) groups is 1. The first-order chi connectivity index (χ1) is 11.3. The summed E-state index contributed by atoms with van der Waals surface area (Å²) in [6.45, 7) is 4.25. The van der Waals surface area contributed by atoms with E-state index in [0.717, 1.165) is 0 Å². The summed E-state index contributed by atoms with van der Waals surface area (Å²) < 4.78 is 41.8. The number of benzene rings is 1. The van der Waals surface area contributed by atoms with E-state index >= 15 is 0 Å². The number of sulfonamides is 1. The van der Waals surface area contributed by atoms with Crippen LogP contribution in [0.3, 0.4) is 0 Å². The number of esters is 1. The van der Waals surface area contributed by atoms with Gasteiger partial charge >= 0.3 is 5.97 Å². The summed E-state index contributed by atoms with van der Waals surface area (Å²) in [5.74, 6) is -0.362. The molecule has 0 saturated heterocycles. The van der Waals surface area contributed by atoms with Crippen LogP contribution in [0, 0.1) is 0 Å². The van der Waals surface area contributed by atoms with Crippen molar-refractivity contribution in [2.45, 2.75) is 31.3 Å². The summed E-state index contributed by atoms with van der Waals surface area (Å²) >= 11 is 5.99. The first-order valence-corrected chi connectivity index (χ1v) is 9.23. The average Bonchev–Trinajstić information content (AvgIpc) is 2.52. The fourth-order valence-corrected chi connectivity index (χ4v) is 3.04. The van der Waals surface area contributed by atoms with Gasteiger partial charge in [-0.25, -0.2) is 17.9 Å². The normalized spacial score (nSPS) is 11.5. The largest absolute Gasteiger partial charge is 0.480 e. The van der Waals surface area contributed by atoms with Crippen LogP contribution in [0.5, 0.6) is 5.75 Å². The highest BCUT2D eigenvalue weighted by molar-refractivity contribution is 7.89. The van der Waals surface area contributed by atoms with Gasteiger partial charge in [-0.05, 0) is 38.5 Å². The van der Waals surface area contributed by atoms with E-state index in [4.69, 9.17) is 21.1 Å². The van der Waals surface area contributed by atoms with Gasteiger partial charge in [-0.3, -0.25) is 0 Å². The predicted molar refractivity (Wildman–Crippen MR) is 89.9 cm³/mol. The Labute approximate surface area is 147 Å². The summed E-state index contributed by atoms with van der Waals surface area (Å²) in [5.41, 5.74) is 0. The number of ether oxygens (including phenoxy) is 3. The van der Waals surface area contributed by atoms with Crippen molar-refractivity contribution in [3.8, 4) is 5.75 Å². The lowest BCUT2D eigenvalue weighted by molar-refractivity contribution is -0.142. The fraction of sp³-hybridized carbons (Fsp3) is 0.533. The molecule has 7 nitrogen and oxygen atoms in total. The van der Waals surface area contributed by atoms with Crippen LogP contribution in [-0.4, -0.2) is 47.4 Å². The van der Waals surface area contributed by atoms with Gasteiger partial charge in [0.25, 0.3) is 0 Å². The second-order valence-corrected chi connectivity index (χ2v) is 7.30. The van der Waals surface area contributed by atoms with Crippen molar-refractivity contribution in [3.63, 3.8) is 0 Å². The van der Waals surface area contributed by atoms with Crippen molar-refractivity contribution < 1.29 is 27.4 Å². The molecule has 1 N–H and O–H groups in total. The maximum atomic E-state index is 12.2. The number of carbonyl (C=O) groups excluding carboxylic acids is 1. The molecule has 0 amide bonds. The molecule has 0 spiro atoms. The summed E-state index contributed by atoms with van der Waals surface area (Å²) in [6.07, 6.45) is 0.670. The molecule has 0 saturated carbocycles. The maximum Gasteiger partial charge on any atom is 0.343 e. The molecule has 0 aromatic heterocycles. The van der Waals surface area contributed by atoms with Gasteiger partial charge in [-0.15, -0.1) is 0 Å². The van der Waals surface area contributed by atoms with Crippen LogP contribution >= 0.6 is 11.6 Å². The SMILES string of the molecule is COC(=O)COc1ccc(S(=O)(=O)NCCCOC(C)C)cc1Cl. The zero-order valence-electron chi connectivity index (χ0n) is 13.9. The van der Waals surface area contributed by atoms with Crippen LogP contribution in [0.4, 0.5) is 0 Å². The first kappa shape index (κ1) is 20.7. The second-order valence-electron chi connectivity index (χ2n) is 5.13. The number of methoxy groups -OCH3 is 1. The minimum atomic E-state index is -3.67. The van der Waals surface area contributed by atoms with Crippen LogP contribution in [-0.2, 0) is 24.3 Å². The monoisotopic (exact) mass is 379 g/mol. The van der Waals surface area contributed by atoms with E-state index in [2.05, 4.69) is 9.46 Å². The lowest BCUT2D eigenvalue weighted by Gasteiger charge is -2.11. The molecule has 0 unspecified atom stereocenters. The molecule has 0 aliphatic heterocycles. The Kier molecular flexibility index (Phi) is 8.47. The van der Waals surface area contributed by atoms with Gasteiger partial charge in [0.05, 0.1) is 23.1 Å². The summed E-state index contributed by atoms with van der Waals surface area (Å²) in [6, 6.07) is 4.01. The number of hydrogen-bond donors (Lipinski definition) is 1. The minimum absolute atomic E-state index is 0.0164. The zero-order chi connectivity index (χ0) is 18.2. The summed E-state index contributed by atoms with van der Waals surface area (Å²) in [4.78, 5) is 11.0. The van der Waals surface area contributed by atoms with Gasteiger partial charge in [0.15, 0.2) is 6.61 Å². The molecule has 0 bridgehead atoms. The van der Waals surface area contributed by atoms with Gasteiger partial charge in [-0.2, -0.15) is 0 Å². The Morgan fingerprint density at radius 1 is 1.33 bits per heavy atom. The van der Waals surface area contributed by atoms with E-state index in [1.165, 1.54) is 25.3 Å². The average molecular weight is 380 g/mol. The van der Waals surface area contributed by atoms with Crippen molar-refractivity contribution in [3.05, 3.63) is 23.2 Å².